The molecule has 330 valence electrons. The Morgan fingerprint density at radius 3 is 1.01 bits per heavy atom. The van der Waals surface area contributed by atoms with E-state index >= 15 is 0 Å². The Morgan fingerprint density at radius 2 is 0.652 bits per heavy atom. The van der Waals surface area contributed by atoms with Gasteiger partial charge < -0.3 is 9.80 Å². The van der Waals surface area contributed by atoms with Gasteiger partial charge in [-0.1, -0.05) is 200 Å². The summed E-state index contributed by atoms with van der Waals surface area (Å²) in [6.07, 6.45) is 11.0. The zero-order chi connectivity index (χ0) is 46.0. The van der Waals surface area contributed by atoms with E-state index in [9.17, 15) is 0 Å². The van der Waals surface area contributed by atoms with Crippen LogP contribution >= 0.6 is 0 Å². The van der Waals surface area contributed by atoms with E-state index in [1.165, 1.54) is 65.4 Å². The molecule has 12 rings (SSSR count). The average molecular weight is 885 g/mol. The van der Waals surface area contributed by atoms with Crippen molar-refractivity contribution in [3.63, 3.8) is 0 Å². The first kappa shape index (κ1) is 41.9. The normalized spacial score (nSPS) is 12.7. The lowest BCUT2D eigenvalue weighted by atomic mass is 9.66. The van der Waals surface area contributed by atoms with Crippen molar-refractivity contribution in [3.8, 4) is 0 Å². The fraction of sp³-hybridized carbons (Fsp3) is 0.0746. The van der Waals surface area contributed by atoms with Crippen LogP contribution in [0.1, 0.15) is 36.0 Å². The molecule has 0 aromatic heterocycles. The third-order valence-electron chi connectivity index (χ3n) is 14.2. The first-order chi connectivity index (χ1) is 34.1. The molecule has 11 aromatic rings. The highest BCUT2D eigenvalue weighted by molar-refractivity contribution is 5.94. The molecule has 0 heterocycles. The van der Waals surface area contributed by atoms with E-state index in [0.717, 1.165) is 59.8 Å². The van der Waals surface area contributed by atoms with E-state index in [2.05, 4.69) is 277 Å². The summed E-state index contributed by atoms with van der Waals surface area (Å²) in [5.74, 6) is 0. The fourth-order valence-corrected chi connectivity index (χ4v) is 10.7. The monoisotopic (exact) mass is 884 g/mol. The summed E-state index contributed by atoms with van der Waals surface area (Å²) in [5.41, 5.74) is 11.6. The molecule has 2 heteroatoms. The third-order valence-corrected chi connectivity index (χ3v) is 14.2. The lowest BCUT2D eigenvalue weighted by molar-refractivity contribution is 0.507. The molecule has 0 aliphatic heterocycles. The van der Waals surface area contributed by atoms with E-state index in [1.54, 1.807) is 0 Å². The van der Waals surface area contributed by atoms with E-state index < -0.39 is 0 Å². The van der Waals surface area contributed by atoms with Crippen molar-refractivity contribution in [2.75, 3.05) is 9.80 Å². The molecule has 11 aromatic carbocycles. The smallest absolute Gasteiger partial charge is 0.0468 e. The summed E-state index contributed by atoms with van der Waals surface area (Å²) >= 11 is 0. The number of fused-ring (bicyclic) bond motifs is 4. The van der Waals surface area contributed by atoms with Crippen LogP contribution in [0, 0.1) is 0 Å². The second-order valence-electron chi connectivity index (χ2n) is 18.6. The van der Waals surface area contributed by atoms with E-state index in [-0.39, 0.29) is 5.41 Å². The number of anilines is 6. The zero-order valence-corrected chi connectivity index (χ0v) is 38.6. The predicted molar refractivity (Wildman–Crippen MR) is 294 cm³/mol. The van der Waals surface area contributed by atoms with Crippen LogP contribution in [0.2, 0.25) is 0 Å². The van der Waals surface area contributed by atoms with Gasteiger partial charge >= 0.3 is 0 Å². The Hall–Kier alpha value is -8.46. The third kappa shape index (κ3) is 8.36. The highest BCUT2D eigenvalue weighted by Crippen LogP contribution is 2.46. The van der Waals surface area contributed by atoms with Crippen LogP contribution in [0.25, 0.3) is 43.1 Å². The molecule has 1 aliphatic carbocycles. The van der Waals surface area contributed by atoms with Gasteiger partial charge in [-0.25, -0.2) is 0 Å². The first-order valence-electron chi connectivity index (χ1n) is 24.3. The quantitative estimate of drug-likeness (QED) is 0.121. The van der Waals surface area contributed by atoms with Crippen molar-refractivity contribution in [3.05, 3.63) is 289 Å². The summed E-state index contributed by atoms with van der Waals surface area (Å²) < 4.78 is 0. The molecule has 0 unspecified atom stereocenters. The number of benzene rings is 11. The SMILES string of the molecule is C1=CC(CC(Cc2ccccc2)(c2ccc(N(c3ccc4ccccc4c3)c3ccc4ccccc4c3)cc2)c2ccc(N(c3ccc4ccccc4c3)c3ccc4ccccc4c3)cc2)=CCC1. The molecule has 0 saturated carbocycles. The molecule has 0 amide bonds. The van der Waals surface area contributed by atoms with Gasteiger partial charge in [0.15, 0.2) is 0 Å². The molecule has 0 bridgehead atoms. The minimum atomic E-state index is -0.390. The average Bonchev–Trinajstić information content (AvgIpc) is 3.41. The van der Waals surface area contributed by atoms with Crippen molar-refractivity contribution in [1.82, 2.24) is 0 Å². The molecule has 0 saturated heterocycles. The van der Waals surface area contributed by atoms with Crippen LogP contribution in [0.3, 0.4) is 0 Å². The minimum Gasteiger partial charge on any atom is -0.310 e. The molecule has 0 N–H and O–H groups in total. The van der Waals surface area contributed by atoms with Crippen molar-refractivity contribution in [2.45, 2.75) is 31.1 Å². The Balaban J connectivity index is 1.01. The molecule has 0 fully saturated rings. The van der Waals surface area contributed by atoms with Crippen LogP contribution in [-0.2, 0) is 11.8 Å². The Bertz CT molecular complexity index is 3310. The predicted octanol–water partition coefficient (Wildman–Crippen LogP) is 18.4. The van der Waals surface area contributed by atoms with Gasteiger partial charge in [0.25, 0.3) is 0 Å². The van der Waals surface area contributed by atoms with Gasteiger partial charge in [0.1, 0.15) is 0 Å². The molecule has 0 radical (unpaired) electrons. The molecular formula is C67H52N2. The Morgan fingerprint density at radius 1 is 0.304 bits per heavy atom. The highest BCUT2D eigenvalue weighted by atomic mass is 15.1. The second kappa shape index (κ2) is 18.3. The maximum atomic E-state index is 2.46. The standard InChI is InChI=1S/C67H52N2/c1-3-15-49(16-4-1)47-67(48-50-17-5-2-6-18-50,59-31-39-61(40-32-59)68(63-35-27-51-19-7-11-23-55(51)43-63)64-36-28-52-20-8-12-24-56(52)44-64)60-33-41-62(42-34-60)69(65-37-29-53-21-9-13-25-57(53)45-65)66-38-30-54-22-10-14-26-58(54)46-66/h1,3-5,7-46H,2,6,47-48H2. The zero-order valence-electron chi connectivity index (χ0n) is 38.6. The number of rotatable bonds is 12. The Kier molecular flexibility index (Phi) is 11.1. The van der Waals surface area contributed by atoms with Gasteiger partial charge in [-0.15, -0.1) is 0 Å². The number of hydrogen-bond donors (Lipinski definition) is 0. The summed E-state index contributed by atoms with van der Waals surface area (Å²) in [7, 11) is 0. The highest BCUT2D eigenvalue weighted by Gasteiger charge is 2.36. The van der Waals surface area contributed by atoms with Gasteiger partial charge in [0, 0.05) is 39.5 Å². The van der Waals surface area contributed by atoms with Crippen LogP contribution in [0.4, 0.5) is 34.1 Å². The Labute approximate surface area is 405 Å². The van der Waals surface area contributed by atoms with Crippen molar-refractivity contribution < 1.29 is 0 Å². The van der Waals surface area contributed by atoms with Crippen molar-refractivity contribution >= 4 is 77.2 Å². The molecule has 1 aliphatic rings. The molecule has 0 spiro atoms. The molecular weight excluding hydrogens is 833 g/mol. The lowest BCUT2D eigenvalue weighted by Crippen LogP contribution is -2.31. The van der Waals surface area contributed by atoms with E-state index in [0.29, 0.717) is 0 Å². The van der Waals surface area contributed by atoms with Crippen LogP contribution in [0.15, 0.2) is 273 Å². The molecule has 2 nitrogen and oxygen atoms in total. The maximum Gasteiger partial charge on any atom is 0.0468 e. The topological polar surface area (TPSA) is 6.48 Å². The summed E-state index contributed by atoms with van der Waals surface area (Å²) in [5, 5.41) is 9.80. The first-order valence-corrected chi connectivity index (χ1v) is 24.3. The number of nitrogens with zero attached hydrogens (tertiary/aromatic N) is 2. The van der Waals surface area contributed by atoms with Crippen LogP contribution in [0.5, 0.6) is 0 Å². The molecule has 69 heavy (non-hydrogen) atoms. The summed E-state index contributed by atoms with van der Waals surface area (Å²) in [6, 6.07) is 91.9. The van der Waals surface area contributed by atoms with Crippen LogP contribution in [-0.4, -0.2) is 0 Å². The van der Waals surface area contributed by atoms with Crippen molar-refractivity contribution in [2.24, 2.45) is 0 Å². The maximum absolute atomic E-state index is 2.46. The molecule has 0 atom stereocenters. The fourth-order valence-electron chi connectivity index (χ4n) is 10.7. The van der Waals surface area contributed by atoms with Gasteiger partial charge in [0.05, 0.1) is 0 Å². The van der Waals surface area contributed by atoms with Gasteiger partial charge in [-0.05, 0) is 158 Å². The van der Waals surface area contributed by atoms with Gasteiger partial charge in [0.2, 0.25) is 0 Å². The van der Waals surface area contributed by atoms with Gasteiger partial charge in [-0.3, -0.25) is 0 Å². The van der Waals surface area contributed by atoms with E-state index in [4.69, 9.17) is 0 Å². The van der Waals surface area contributed by atoms with Crippen molar-refractivity contribution in [1.29, 1.82) is 0 Å². The number of allylic oxidation sites excluding steroid dienone is 4. The van der Waals surface area contributed by atoms with E-state index in [1.807, 2.05) is 0 Å². The van der Waals surface area contributed by atoms with Gasteiger partial charge in [-0.2, -0.15) is 0 Å². The second-order valence-corrected chi connectivity index (χ2v) is 18.6. The minimum absolute atomic E-state index is 0.390. The largest absolute Gasteiger partial charge is 0.310 e. The number of hydrogen-bond acceptors (Lipinski definition) is 2. The lowest BCUT2D eigenvalue weighted by Gasteiger charge is -2.37. The summed E-state index contributed by atoms with van der Waals surface area (Å²) in [6.45, 7) is 0. The van der Waals surface area contributed by atoms with Crippen LogP contribution < -0.4 is 9.80 Å². The summed E-state index contributed by atoms with van der Waals surface area (Å²) in [4.78, 5) is 4.83.